The van der Waals surface area contributed by atoms with Crippen molar-refractivity contribution in [1.82, 2.24) is 14.9 Å². The Kier molecular flexibility index (Phi) is 5.84. The number of nitrogens with zero attached hydrogens (tertiary/aromatic N) is 4. The molecule has 2 aliphatic rings. The highest BCUT2D eigenvalue weighted by molar-refractivity contribution is 5.38. The van der Waals surface area contributed by atoms with E-state index in [4.69, 9.17) is 9.47 Å². The Morgan fingerprint density at radius 2 is 1.93 bits per heavy atom. The second-order valence-corrected chi connectivity index (χ2v) is 7.32. The van der Waals surface area contributed by atoms with Crippen LogP contribution in [0.25, 0.3) is 0 Å². The molecule has 3 heterocycles. The summed E-state index contributed by atoms with van der Waals surface area (Å²) in [6, 6.07) is 10.5. The van der Waals surface area contributed by atoms with E-state index in [2.05, 4.69) is 44.0 Å². The molecular weight excluding hydrogens is 340 g/mol. The zero-order valence-electron chi connectivity index (χ0n) is 16.0. The lowest BCUT2D eigenvalue weighted by molar-refractivity contribution is 0.0679. The second-order valence-electron chi connectivity index (χ2n) is 7.32. The fourth-order valence-electron chi connectivity index (χ4n) is 3.67. The molecule has 2 saturated heterocycles. The number of aromatic nitrogens is 2. The predicted octanol–water partition coefficient (Wildman–Crippen LogP) is 2.67. The zero-order valence-corrected chi connectivity index (χ0v) is 16.0. The molecule has 0 saturated carbocycles. The van der Waals surface area contributed by atoms with Crippen molar-refractivity contribution in [3.05, 3.63) is 47.9 Å². The SMILES string of the molecule is Cc1nccc(N2CCN(Cc3ccc(OCC4CCCO4)cc3)CC2)n1. The maximum absolute atomic E-state index is 5.85. The monoisotopic (exact) mass is 368 g/mol. The van der Waals surface area contributed by atoms with Gasteiger partial charge in [0.2, 0.25) is 0 Å². The van der Waals surface area contributed by atoms with Crippen LogP contribution in [0.1, 0.15) is 24.2 Å². The molecule has 2 fully saturated rings. The Morgan fingerprint density at radius 3 is 2.63 bits per heavy atom. The Bertz CT molecular complexity index is 723. The standard InChI is InChI=1S/C21H28N4O2/c1-17-22-9-8-21(23-17)25-12-10-24(11-13-25)15-18-4-6-19(7-5-18)27-16-20-3-2-14-26-20/h4-9,20H,2-3,10-16H2,1H3. The van der Waals surface area contributed by atoms with Crippen LogP contribution in [0.4, 0.5) is 5.82 Å². The van der Waals surface area contributed by atoms with E-state index in [0.29, 0.717) is 6.61 Å². The molecule has 1 unspecified atom stereocenters. The van der Waals surface area contributed by atoms with Gasteiger partial charge in [0, 0.05) is 45.5 Å². The van der Waals surface area contributed by atoms with Gasteiger partial charge in [-0.15, -0.1) is 0 Å². The lowest BCUT2D eigenvalue weighted by Gasteiger charge is -2.35. The van der Waals surface area contributed by atoms with Gasteiger partial charge in [0.15, 0.2) is 0 Å². The van der Waals surface area contributed by atoms with E-state index in [1.807, 2.05) is 19.2 Å². The molecule has 6 nitrogen and oxygen atoms in total. The molecular formula is C21H28N4O2. The van der Waals surface area contributed by atoms with Gasteiger partial charge >= 0.3 is 0 Å². The average molecular weight is 368 g/mol. The summed E-state index contributed by atoms with van der Waals surface area (Å²) < 4.78 is 11.5. The minimum absolute atomic E-state index is 0.264. The van der Waals surface area contributed by atoms with Gasteiger partial charge in [0.1, 0.15) is 24.0 Å². The van der Waals surface area contributed by atoms with Crippen LogP contribution in [0.2, 0.25) is 0 Å². The van der Waals surface area contributed by atoms with Crippen LogP contribution in [-0.4, -0.2) is 60.4 Å². The first-order valence-corrected chi connectivity index (χ1v) is 9.86. The third-order valence-electron chi connectivity index (χ3n) is 5.25. The quantitative estimate of drug-likeness (QED) is 0.781. The molecule has 6 heteroatoms. The number of rotatable bonds is 6. The molecule has 0 N–H and O–H groups in total. The molecule has 0 aliphatic carbocycles. The summed E-state index contributed by atoms with van der Waals surface area (Å²) in [5.74, 6) is 2.80. The summed E-state index contributed by atoms with van der Waals surface area (Å²) in [6.07, 6.45) is 4.36. The van der Waals surface area contributed by atoms with Crippen molar-refractivity contribution in [2.24, 2.45) is 0 Å². The third kappa shape index (κ3) is 4.96. The number of hydrogen-bond donors (Lipinski definition) is 0. The van der Waals surface area contributed by atoms with Gasteiger partial charge in [-0.2, -0.15) is 0 Å². The number of hydrogen-bond acceptors (Lipinski definition) is 6. The molecule has 27 heavy (non-hydrogen) atoms. The van der Waals surface area contributed by atoms with Crippen LogP contribution in [0.5, 0.6) is 5.75 Å². The van der Waals surface area contributed by atoms with Gasteiger partial charge in [0.25, 0.3) is 0 Å². The minimum Gasteiger partial charge on any atom is -0.491 e. The fraction of sp³-hybridized carbons (Fsp3) is 0.524. The number of anilines is 1. The summed E-state index contributed by atoms with van der Waals surface area (Å²) in [5, 5.41) is 0. The van der Waals surface area contributed by atoms with Crippen molar-refractivity contribution in [3.63, 3.8) is 0 Å². The van der Waals surface area contributed by atoms with E-state index < -0.39 is 0 Å². The van der Waals surface area contributed by atoms with Gasteiger partial charge in [-0.3, -0.25) is 4.90 Å². The Labute approximate surface area is 161 Å². The first-order valence-electron chi connectivity index (χ1n) is 9.86. The van der Waals surface area contributed by atoms with Crippen molar-refractivity contribution in [2.45, 2.75) is 32.4 Å². The molecule has 0 spiro atoms. The third-order valence-corrected chi connectivity index (χ3v) is 5.25. The van der Waals surface area contributed by atoms with E-state index in [9.17, 15) is 0 Å². The largest absolute Gasteiger partial charge is 0.491 e. The van der Waals surface area contributed by atoms with Gasteiger partial charge < -0.3 is 14.4 Å². The second kappa shape index (κ2) is 8.67. The Balaban J connectivity index is 1.24. The van der Waals surface area contributed by atoms with E-state index >= 15 is 0 Å². The normalized spacial score (nSPS) is 20.8. The molecule has 1 atom stereocenters. The van der Waals surface area contributed by atoms with Crippen molar-refractivity contribution < 1.29 is 9.47 Å². The zero-order chi connectivity index (χ0) is 18.5. The Hall–Kier alpha value is -2.18. The predicted molar refractivity (Wildman–Crippen MR) is 105 cm³/mol. The van der Waals surface area contributed by atoms with E-state index in [1.54, 1.807) is 0 Å². The number of benzene rings is 1. The Morgan fingerprint density at radius 1 is 1.11 bits per heavy atom. The smallest absolute Gasteiger partial charge is 0.132 e. The van der Waals surface area contributed by atoms with Crippen LogP contribution in [-0.2, 0) is 11.3 Å². The molecule has 4 rings (SSSR count). The summed E-state index contributed by atoms with van der Waals surface area (Å²) in [6.45, 7) is 8.52. The molecule has 0 amide bonds. The van der Waals surface area contributed by atoms with Crippen LogP contribution in [0, 0.1) is 6.92 Å². The lowest BCUT2D eigenvalue weighted by atomic mass is 10.2. The van der Waals surface area contributed by atoms with Crippen molar-refractivity contribution in [3.8, 4) is 5.75 Å². The maximum atomic E-state index is 5.85. The number of aryl methyl sites for hydroxylation is 1. The molecule has 1 aromatic heterocycles. The molecule has 1 aromatic carbocycles. The highest BCUT2D eigenvalue weighted by Gasteiger charge is 2.19. The molecule has 0 bridgehead atoms. The highest BCUT2D eigenvalue weighted by atomic mass is 16.5. The van der Waals surface area contributed by atoms with E-state index in [-0.39, 0.29) is 6.10 Å². The van der Waals surface area contributed by atoms with Gasteiger partial charge in [0.05, 0.1) is 6.10 Å². The van der Waals surface area contributed by atoms with Crippen molar-refractivity contribution in [1.29, 1.82) is 0 Å². The van der Waals surface area contributed by atoms with Crippen LogP contribution < -0.4 is 9.64 Å². The van der Waals surface area contributed by atoms with Gasteiger partial charge in [-0.25, -0.2) is 9.97 Å². The first-order chi connectivity index (χ1) is 13.3. The topological polar surface area (TPSA) is 50.7 Å². The van der Waals surface area contributed by atoms with Crippen LogP contribution in [0.15, 0.2) is 36.5 Å². The fourth-order valence-corrected chi connectivity index (χ4v) is 3.67. The van der Waals surface area contributed by atoms with Crippen LogP contribution >= 0.6 is 0 Å². The van der Waals surface area contributed by atoms with Crippen molar-refractivity contribution >= 4 is 5.82 Å². The lowest BCUT2D eigenvalue weighted by Crippen LogP contribution is -2.46. The number of piperazine rings is 1. The van der Waals surface area contributed by atoms with E-state index in [1.165, 1.54) is 5.56 Å². The first kappa shape index (κ1) is 18.2. The highest BCUT2D eigenvalue weighted by Crippen LogP contribution is 2.18. The summed E-state index contributed by atoms with van der Waals surface area (Å²) in [5.41, 5.74) is 1.32. The average Bonchev–Trinajstić information content (AvgIpc) is 3.22. The summed E-state index contributed by atoms with van der Waals surface area (Å²) >= 11 is 0. The van der Waals surface area contributed by atoms with E-state index in [0.717, 1.165) is 69.6 Å². The van der Waals surface area contributed by atoms with Gasteiger partial charge in [-0.05, 0) is 43.5 Å². The van der Waals surface area contributed by atoms with Crippen molar-refractivity contribution in [2.75, 3.05) is 44.3 Å². The maximum Gasteiger partial charge on any atom is 0.132 e. The molecule has 2 aromatic rings. The molecule has 144 valence electrons. The summed E-state index contributed by atoms with van der Waals surface area (Å²) in [7, 11) is 0. The van der Waals surface area contributed by atoms with Crippen LogP contribution in [0.3, 0.4) is 0 Å². The molecule has 0 radical (unpaired) electrons. The van der Waals surface area contributed by atoms with Gasteiger partial charge in [-0.1, -0.05) is 12.1 Å². The summed E-state index contributed by atoms with van der Waals surface area (Å²) in [4.78, 5) is 13.6. The molecule has 2 aliphatic heterocycles. The number of ether oxygens (including phenoxy) is 2. The minimum atomic E-state index is 0.264.